The lowest BCUT2D eigenvalue weighted by Crippen LogP contribution is -2.21. The molecule has 0 atom stereocenters. The Morgan fingerprint density at radius 3 is 2.35 bits per heavy atom. The molecule has 5 nitrogen and oxygen atoms in total. The number of nitrogens with one attached hydrogen (secondary N) is 1. The lowest BCUT2D eigenvalue weighted by atomic mass is 10.2. The van der Waals surface area contributed by atoms with Crippen LogP contribution in [0.1, 0.15) is 24.3 Å². The molecular weight excluding hydrogens is 252 g/mol. The van der Waals surface area contributed by atoms with Gasteiger partial charge in [0.05, 0.1) is 0 Å². The Hall–Kier alpha value is -2.30. The van der Waals surface area contributed by atoms with Crippen LogP contribution in [-0.4, -0.2) is 28.8 Å². The summed E-state index contributed by atoms with van der Waals surface area (Å²) < 4.78 is 1.56. The molecular formula is C15H20N4O. The van der Waals surface area contributed by atoms with Gasteiger partial charge in [-0.2, -0.15) is 5.10 Å². The molecule has 2 rings (SSSR count). The number of aromatic nitrogens is 2. The quantitative estimate of drug-likeness (QED) is 0.910. The van der Waals surface area contributed by atoms with E-state index in [0.29, 0.717) is 5.69 Å². The van der Waals surface area contributed by atoms with Crippen molar-refractivity contribution in [3.05, 3.63) is 42.2 Å². The van der Waals surface area contributed by atoms with Crippen LogP contribution in [0.25, 0.3) is 0 Å². The van der Waals surface area contributed by atoms with Gasteiger partial charge >= 0.3 is 0 Å². The molecule has 0 radical (unpaired) electrons. The maximum Gasteiger partial charge on any atom is 0.273 e. The van der Waals surface area contributed by atoms with Gasteiger partial charge in [-0.25, -0.2) is 0 Å². The highest BCUT2D eigenvalue weighted by molar-refractivity contribution is 6.03. The predicted molar refractivity (Wildman–Crippen MR) is 81.2 cm³/mol. The van der Waals surface area contributed by atoms with E-state index in [4.69, 9.17) is 0 Å². The highest BCUT2D eigenvalue weighted by Crippen LogP contribution is 2.18. The molecule has 1 heterocycles. The topological polar surface area (TPSA) is 50.2 Å². The zero-order valence-electron chi connectivity index (χ0n) is 12.1. The first-order chi connectivity index (χ1) is 9.65. The number of rotatable bonds is 5. The maximum atomic E-state index is 12.0. The molecule has 20 heavy (non-hydrogen) atoms. The van der Waals surface area contributed by atoms with E-state index in [0.717, 1.165) is 24.5 Å². The molecule has 2 aromatic rings. The smallest absolute Gasteiger partial charge is 0.273 e. The Morgan fingerprint density at radius 2 is 1.85 bits per heavy atom. The summed E-state index contributed by atoms with van der Waals surface area (Å²) >= 11 is 0. The zero-order chi connectivity index (χ0) is 14.5. The number of aryl methyl sites for hydroxylation is 1. The van der Waals surface area contributed by atoms with Crippen LogP contribution in [0.15, 0.2) is 36.5 Å². The van der Waals surface area contributed by atoms with Crippen LogP contribution in [0.2, 0.25) is 0 Å². The van der Waals surface area contributed by atoms with Crippen molar-refractivity contribution in [2.45, 2.75) is 13.8 Å². The van der Waals surface area contributed by atoms with Crippen molar-refractivity contribution in [2.75, 3.05) is 23.3 Å². The Balaban J connectivity index is 2.08. The standard InChI is InChI=1S/C15H20N4O/c1-4-19(5-2)13-8-6-12(7-9-13)17-15(20)14-10-11-16-18(14)3/h6-11H,4-5H2,1-3H3,(H,17,20). The molecule has 0 aliphatic carbocycles. The second-order valence-electron chi connectivity index (χ2n) is 4.51. The lowest BCUT2D eigenvalue weighted by Gasteiger charge is -2.21. The van der Waals surface area contributed by atoms with Crippen molar-refractivity contribution < 1.29 is 4.79 Å². The number of benzene rings is 1. The molecule has 1 N–H and O–H groups in total. The van der Waals surface area contributed by atoms with E-state index < -0.39 is 0 Å². The van der Waals surface area contributed by atoms with Crippen LogP contribution in [0.4, 0.5) is 11.4 Å². The highest BCUT2D eigenvalue weighted by Gasteiger charge is 2.10. The van der Waals surface area contributed by atoms with E-state index in [1.165, 1.54) is 0 Å². The molecule has 0 aliphatic rings. The third kappa shape index (κ3) is 2.99. The van der Waals surface area contributed by atoms with E-state index in [9.17, 15) is 4.79 Å². The summed E-state index contributed by atoms with van der Waals surface area (Å²) in [6, 6.07) is 9.57. The summed E-state index contributed by atoms with van der Waals surface area (Å²) in [6.45, 7) is 6.19. The van der Waals surface area contributed by atoms with Gasteiger partial charge in [0, 0.05) is 37.7 Å². The van der Waals surface area contributed by atoms with Crippen molar-refractivity contribution in [3.63, 3.8) is 0 Å². The lowest BCUT2D eigenvalue weighted by molar-refractivity contribution is 0.101. The Bertz CT molecular complexity index is 570. The second-order valence-corrected chi connectivity index (χ2v) is 4.51. The molecule has 0 unspecified atom stereocenters. The van der Waals surface area contributed by atoms with Crippen LogP contribution < -0.4 is 10.2 Å². The molecule has 106 valence electrons. The molecule has 0 saturated heterocycles. The van der Waals surface area contributed by atoms with Gasteiger partial charge in [0.1, 0.15) is 5.69 Å². The Morgan fingerprint density at radius 1 is 1.20 bits per heavy atom. The van der Waals surface area contributed by atoms with E-state index >= 15 is 0 Å². The van der Waals surface area contributed by atoms with Crippen LogP contribution in [0.5, 0.6) is 0 Å². The minimum atomic E-state index is -0.152. The van der Waals surface area contributed by atoms with E-state index in [2.05, 4.69) is 29.2 Å². The van der Waals surface area contributed by atoms with Crippen LogP contribution >= 0.6 is 0 Å². The Kier molecular flexibility index (Phi) is 4.40. The average Bonchev–Trinajstić information content (AvgIpc) is 2.88. The fourth-order valence-electron chi connectivity index (χ4n) is 2.14. The number of hydrogen-bond donors (Lipinski definition) is 1. The first-order valence-electron chi connectivity index (χ1n) is 6.80. The van der Waals surface area contributed by atoms with Crippen LogP contribution in [0, 0.1) is 0 Å². The summed E-state index contributed by atoms with van der Waals surface area (Å²) in [4.78, 5) is 14.3. The summed E-state index contributed by atoms with van der Waals surface area (Å²) in [5.41, 5.74) is 2.48. The summed E-state index contributed by atoms with van der Waals surface area (Å²) in [6.07, 6.45) is 1.61. The van der Waals surface area contributed by atoms with Crippen molar-refractivity contribution in [1.29, 1.82) is 0 Å². The van der Waals surface area contributed by atoms with Crippen LogP contribution in [-0.2, 0) is 7.05 Å². The molecule has 1 aromatic carbocycles. The van der Waals surface area contributed by atoms with Crippen molar-refractivity contribution in [1.82, 2.24) is 9.78 Å². The summed E-state index contributed by atoms with van der Waals surface area (Å²) in [7, 11) is 1.75. The molecule has 0 aliphatic heterocycles. The third-order valence-electron chi connectivity index (χ3n) is 3.31. The van der Waals surface area contributed by atoms with Gasteiger partial charge in [0.25, 0.3) is 5.91 Å². The van der Waals surface area contributed by atoms with E-state index in [-0.39, 0.29) is 5.91 Å². The second kappa shape index (κ2) is 6.23. The minimum Gasteiger partial charge on any atom is -0.372 e. The monoisotopic (exact) mass is 272 g/mol. The SMILES string of the molecule is CCN(CC)c1ccc(NC(=O)c2ccnn2C)cc1. The molecule has 0 fully saturated rings. The van der Waals surface area contributed by atoms with Gasteiger partial charge in [-0.05, 0) is 44.2 Å². The summed E-state index contributed by atoms with van der Waals surface area (Å²) in [5.74, 6) is -0.152. The van der Waals surface area contributed by atoms with Gasteiger partial charge in [0.2, 0.25) is 0 Å². The number of anilines is 2. The fraction of sp³-hybridized carbons (Fsp3) is 0.333. The summed E-state index contributed by atoms with van der Waals surface area (Å²) in [5, 5.41) is 6.86. The first-order valence-corrected chi connectivity index (χ1v) is 6.80. The zero-order valence-corrected chi connectivity index (χ0v) is 12.1. The first kappa shape index (κ1) is 14.1. The van der Waals surface area contributed by atoms with Crippen molar-refractivity contribution in [2.24, 2.45) is 7.05 Å². The number of carbonyl (C=O) groups is 1. The molecule has 5 heteroatoms. The van der Waals surface area contributed by atoms with Gasteiger partial charge in [-0.1, -0.05) is 0 Å². The predicted octanol–water partition coefficient (Wildman–Crippen LogP) is 2.52. The largest absolute Gasteiger partial charge is 0.372 e. The van der Waals surface area contributed by atoms with Gasteiger partial charge in [-0.3, -0.25) is 9.48 Å². The molecule has 0 spiro atoms. The fourth-order valence-corrected chi connectivity index (χ4v) is 2.14. The highest BCUT2D eigenvalue weighted by atomic mass is 16.2. The number of hydrogen-bond acceptors (Lipinski definition) is 3. The van der Waals surface area contributed by atoms with Crippen molar-refractivity contribution in [3.8, 4) is 0 Å². The van der Waals surface area contributed by atoms with Crippen LogP contribution in [0.3, 0.4) is 0 Å². The number of amides is 1. The third-order valence-corrected chi connectivity index (χ3v) is 3.31. The normalized spacial score (nSPS) is 10.3. The average molecular weight is 272 g/mol. The van der Waals surface area contributed by atoms with Crippen molar-refractivity contribution >= 4 is 17.3 Å². The van der Waals surface area contributed by atoms with Gasteiger partial charge < -0.3 is 10.2 Å². The molecule has 0 bridgehead atoms. The van der Waals surface area contributed by atoms with E-state index in [1.807, 2.05) is 24.3 Å². The number of carbonyl (C=O) groups excluding carboxylic acids is 1. The van der Waals surface area contributed by atoms with Gasteiger partial charge in [-0.15, -0.1) is 0 Å². The number of nitrogens with zero attached hydrogens (tertiary/aromatic N) is 3. The van der Waals surface area contributed by atoms with Gasteiger partial charge in [0.15, 0.2) is 0 Å². The molecule has 1 aromatic heterocycles. The minimum absolute atomic E-state index is 0.152. The molecule has 0 saturated carbocycles. The molecule has 1 amide bonds. The maximum absolute atomic E-state index is 12.0. The van der Waals surface area contributed by atoms with E-state index in [1.54, 1.807) is 24.0 Å². The Labute approximate surface area is 119 Å².